The predicted octanol–water partition coefficient (Wildman–Crippen LogP) is 1.97. The van der Waals surface area contributed by atoms with E-state index in [4.69, 9.17) is 5.26 Å². The van der Waals surface area contributed by atoms with Gasteiger partial charge in [0.25, 0.3) is 5.91 Å². The van der Waals surface area contributed by atoms with E-state index in [1.165, 1.54) is 25.2 Å². The van der Waals surface area contributed by atoms with Crippen molar-refractivity contribution in [2.75, 3.05) is 13.1 Å². The molecule has 1 saturated heterocycles. The van der Waals surface area contributed by atoms with Gasteiger partial charge < -0.3 is 4.90 Å². The third-order valence-corrected chi connectivity index (χ3v) is 3.07. The largest absolute Gasteiger partial charge is 0.339 e. The Kier molecular flexibility index (Phi) is 3.71. The second-order valence-electron chi connectivity index (χ2n) is 4.24. The number of aromatic nitrogens is 1. The van der Waals surface area contributed by atoms with Crippen molar-refractivity contribution in [3.05, 3.63) is 29.6 Å². The molecule has 2 rings (SSSR count). The first-order valence-electron chi connectivity index (χ1n) is 5.96. The molecule has 0 radical (unpaired) electrons. The Hall–Kier alpha value is -1.89. The first-order valence-corrected chi connectivity index (χ1v) is 5.96. The lowest BCUT2D eigenvalue weighted by atomic mass is 10.1. The summed E-state index contributed by atoms with van der Waals surface area (Å²) in [5, 5.41) is 8.97. The molecule has 17 heavy (non-hydrogen) atoms. The van der Waals surface area contributed by atoms with Gasteiger partial charge in [-0.25, -0.2) is 0 Å². The van der Waals surface area contributed by atoms with Gasteiger partial charge >= 0.3 is 0 Å². The van der Waals surface area contributed by atoms with Gasteiger partial charge in [0.15, 0.2) is 0 Å². The maximum atomic E-state index is 12.3. The molecule has 88 valence electrons. The second kappa shape index (κ2) is 5.44. The van der Waals surface area contributed by atoms with Crippen LogP contribution >= 0.6 is 0 Å². The zero-order valence-electron chi connectivity index (χ0n) is 9.72. The third-order valence-electron chi connectivity index (χ3n) is 3.07. The molecule has 2 heterocycles. The van der Waals surface area contributed by atoms with Gasteiger partial charge in [0, 0.05) is 25.5 Å². The standard InChI is InChI=1S/C13H15N3O/c14-9-11-5-6-15-10-12(11)13(17)16-7-3-1-2-4-8-16/h5-6,10H,1-4,7-8H2. The van der Waals surface area contributed by atoms with Crippen LogP contribution in [0.25, 0.3) is 0 Å². The number of likely N-dealkylation sites (tertiary alicyclic amines) is 1. The molecule has 4 nitrogen and oxygen atoms in total. The average Bonchev–Trinajstić information content (AvgIpc) is 2.66. The van der Waals surface area contributed by atoms with E-state index in [2.05, 4.69) is 4.98 Å². The highest BCUT2D eigenvalue weighted by Crippen LogP contribution is 2.14. The molecule has 0 bridgehead atoms. The summed E-state index contributed by atoms with van der Waals surface area (Å²) in [6, 6.07) is 3.63. The molecule has 0 aromatic carbocycles. The quantitative estimate of drug-likeness (QED) is 0.739. The molecule has 1 aliphatic rings. The highest BCUT2D eigenvalue weighted by Gasteiger charge is 2.19. The third kappa shape index (κ3) is 2.62. The molecule has 0 spiro atoms. The summed E-state index contributed by atoms with van der Waals surface area (Å²) in [6.07, 6.45) is 7.50. The summed E-state index contributed by atoms with van der Waals surface area (Å²) >= 11 is 0. The first-order chi connectivity index (χ1) is 8.33. The van der Waals surface area contributed by atoms with Gasteiger partial charge in [-0.05, 0) is 18.9 Å². The lowest BCUT2D eigenvalue weighted by Crippen LogP contribution is -2.32. The monoisotopic (exact) mass is 229 g/mol. The Bertz CT molecular complexity index is 442. The topological polar surface area (TPSA) is 57.0 Å². The molecule has 1 aliphatic heterocycles. The van der Waals surface area contributed by atoms with Crippen molar-refractivity contribution in [1.29, 1.82) is 5.26 Å². The highest BCUT2D eigenvalue weighted by atomic mass is 16.2. The average molecular weight is 229 g/mol. The van der Waals surface area contributed by atoms with E-state index in [-0.39, 0.29) is 5.91 Å². The van der Waals surface area contributed by atoms with Crippen molar-refractivity contribution >= 4 is 5.91 Å². The normalized spacial score (nSPS) is 16.1. The van der Waals surface area contributed by atoms with Crippen LogP contribution in [0.1, 0.15) is 41.6 Å². The number of hydrogen-bond acceptors (Lipinski definition) is 3. The molecule has 0 aliphatic carbocycles. The summed E-state index contributed by atoms with van der Waals surface area (Å²) in [5.74, 6) is -0.0587. The van der Waals surface area contributed by atoms with E-state index >= 15 is 0 Å². The van der Waals surface area contributed by atoms with Crippen LogP contribution in [0.5, 0.6) is 0 Å². The number of hydrogen-bond donors (Lipinski definition) is 0. The van der Waals surface area contributed by atoms with E-state index in [0.29, 0.717) is 11.1 Å². The summed E-state index contributed by atoms with van der Waals surface area (Å²) in [4.78, 5) is 18.0. The summed E-state index contributed by atoms with van der Waals surface area (Å²) in [7, 11) is 0. The van der Waals surface area contributed by atoms with E-state index in [9.17, 15) is 4.79 Å². The van der Waals surface area contributed by atoms with Crippen LogP contribution in [-0.2, 0) is 0 Å². The lowest BCUT2D eigenvalue weighted by molar-refractivity contribution is 0.0761. The van der Waals surface area contributed by atoms with E-state index in [0.717, 1.165) is 25.9 Å². The van der Waals surface area contributed by atoms with Crippen LogP contribution in [0, 0.1) is 11.3 Å². The minimum atomic E-state index is -0.0587. The summed E-state index contributed by atoms with van der Waals surface area (Å²) < 4.78 is 0. The van der Waals surface area contributed by atoms with Crippen LogP contribution < -0.4 is 0 Å². The second-order valence-corrected chi connectivity index (χ2v) is 4.24. The van der Waals surface area contributed by atoms with Crippen molar-refractivity contribution < 1.29 is 4.79 Å². The molecular weight excluding hydrogens is 214 g/mol. The Labute approximate surface area is 101 Å². The first kappa shape index (κ1) is 11.6. The molecule has 1 aromatic rings. The number of nitrogens with zero attached hydrogens (tertiary/aromatic N) is 3. The van der Waals surface area contributed by atoms with Crippen LogP contribution in [0.3, 0.4) is 0 Å². The van der Waals surface area contributed by atoms with Gasteiger partial charge in [-0.3, -0.25) is 9.78 Å². The maximum absolute atomic E-state index is 12.3. The molecule has 4 heteroatoms. The summed E-state index contributed by atoms with van der Waals surface area (Å²) in [6.45, 7) is 1.58. The fraction of sp³-hybridized carbons (Fsp3) is 0.462. The van der Waals surface area contributed by atoms with E-state index in [1.807, 2.05) is 11.0 Å². The molecule has 0 atom stereocenters. The van der Waals surface area contributed by atoms with Gasteiger partial charge in [0.05, 0.1) is 11.1 Å². The van der Waals surface area contributed by atoms with Crippen molar-refractivity contribution in [3.63, 3.8) is 0 Å². The minimum absolute atomic E-state index is 0.0587. The molecule has 1 fully saturated rings. The Morgan fingerprint density at radius 2 is 2.00 bits per heavy atom. The number of pyridine rings is 1. The van der Waals surface area contributed by atoms with Crippen molar-refractivity contribution in [2.45, 2.75) is 25.7 Å². The fourth-order valence-electron chi connectivity index (χ4n) is 2.11. The number of carbonyl (C=O) groups excluding carboxylic acids is 1. The summed E-state index contributed by atoms with van der Waals surface area (Å²) in [5.41, 5.74) is 0.839. The lowest BCUT2D eigenvalue weighted by Gasteiger charge is -2.20. The number of rotatable bonds is 1. The van der Waals surface area contributed by atoms with Crippen LogP contribution in [0.15, 0.2) is 18.5 Å². The van der Waals surface area contributed by atoms with Crippen molar-refractivity contribution in [1.82, 2.24) is 9.88 Å². The number of amides is 1. The van der Waals surface area contributed by atoms with Gasteiger partial charge in [-0.15, -0.1) is 0 Å². The molecule has 0 saturated carbocycles. The van der Waals surface area contributed by atoms with E-state index in [1.54, 1.807) is 6.07 Å². The zero-order valence-corrected chi connectivity index (χ0v) is 9.72. The Morgan fingerprint density at radius 1 is 1.29 bits per heavy atom. The fourth-order valence-corrected chi connectivity index (χ4v) is 2.11. The van der Waals surface area contributed by atoms with Crippen molar-refractivity contribution in [3.8, 4) is 6.07 Å². The predicted molar refractivity (Wildman–Crippen MR) is 63.3 cm³/mol. The smallest absolute Gasteiger partial charge is 0.256 e. The SMILES string of the molecule is N#Cc1ccncc1C(=O)N1CCCCCC1. The van der Waals surface area contributed by atoms with Crippen molar-refractivity contribution in [2.24, 2.45) is 0 Å². The number of nitriles is 1. The van der Waals surface area contributed by atoms with Gasteiger partial charge in [-0.2, -0.15) is 5.26 Å². The molecule has 1 amide bonds. The molecular formula is C13H15N3O. The highest BCUT2D eigenvalue weighted by molar-refractivity contribution is 5.96. The van der Waals surface area contributed by atoms with Gasteiger partial charge in [-0.1, -0.05) is 12.8 Å². The van der Waals surface area contributed by atoms with Crippen LogP contribution in [-0.4, -0.2) is 28.9 Å². The molecule has 1 aromatic heterocycles. The van der Waals surface area contributed by atoms with Gasteiger partial charge in [0.2, 0.25) is 0 Å². The van der Waals surface area contributed by atoms with Crippen LogP contribution in [0.4, 0.5) is 0 Å². The van der Waals surface area contributed by atoms with Crippen LogP contribution in [0.2, 0.25) is 0 Å². The Morgan fingerprint density at radius 3 is 2.65 bits per heavy atom. The number of carbonyl (C=O) groups is 1. The minimum Gasteiger partial charge on any atom is -0.339 e. The maximum Gasteiger partial charge on any atom is 0.256 e. The molecule has 0 N–H and O–H groups in total. The molecule has 0 unspecified atom stereocenters. The zero-order chi connectivity index (χ0) is 12.1. The van der Waals surface area contributed by atoms with E-state index < -0.39 is 0 Å². The Balaban J connectivity index is 2.21. The van der Waals surface area contributed by atoms with Gasteiger partial charge in [0.1, 0.15) is 6.07 Å².